The van der Waals surface area contributed by atoms with Gasteiger partial charge in [0.05, 0.1) is 19.3 Å². The molecular formula is C9H17N3O3. The van der Waals surface area contributed by atoms with Crippen LogP contribution in [0.4, 0.5) is 0 Å². The lowest BCUT2D eigenvalue weighted by atomic mass is 10.3. The molecule has 1 rings (SSSR count). The van der Waals surface area contributed by atoms with E-state index in [4.69, 9.17) is 13.9 Å². The van der Waals surface area contributed by atoms with Crippen molar-refractivity contribution in [2.75, 3.05) is 27.4 Å². The van der Waals surface area contributed by atoms with Gasteiger partial charge < -0.3 is 19.2 Å². The molecule has 0 fully saturated rings. The van der Waals surface area contributed by atoms with Gasteiger partial charge in [-0.25, -0.2) is 0 Å². The molecule has 0 saturated carbocycles. The number of ether oxygens (including phenoxy) is 2. The smallest absolute Gasteiger partial charge is 0.230 e. The molecule has 1 aromatic heterocycles. The zero-order valence-electron chi connectivity index (χ0n) is 9.32. The first-order valence-electron chi connectivity index (χ1n) is 4.77. The van der Waals surface area contributed by atoms with Crippen LogP contribution in [0.5, 0.6) is 0 Å². The lowest BCUT2D eigenvalue weighted by Crippen LogP contribution is -2.31. The number of nitrogens with zero attached hydrogens (tertiary/aromatic N) is 2. The van der Waals surface area contributed by atoms with Crippen molar-refractivity contribution in [3.05, 3.63) is 11.8 Å². The number of hydrogen-bond donors (Lipinski definition) is 1. The quantitative estimate of drug-likeness (QED) is 0.697. The molecule has 1 atom stereocenters. The molecule has 0 aliphatic rings. The first-order chi connectivity index (χ1) is 7.26. The summed E-state index contributed by atoms with van der Waals surface area (Å²) in [4.78, 5) is 0. The summed E-state index contributed by atoms with van der Waals surface area (Å²) in [5, 5.41) is 10.7. The van der Waals surface area contributed by atoms with Crippen LogP contribution in [-0.4, -0.2) is 43.7 Å². The fourth-order valence-electron chi connectivity index (χ4n) is 1.15. The highest BCUT2D eigenvalue weighted by atomic mass is 16.5. The molecule has 0 amide bonds. The second kappa shape index (κ2) is 6.49. The van der Waals surface area contributed by atoms with Gasteiger partial charge in [-0.15, -0.1) is 10.2 Å². The maximum absolute atomic E-state index is 5.20. The Hall–Kier alpha value is -0.980. The lowest BCUT2D eigenvalue weighted by Gasteiger charge is -2.13. The average Bonchev–Trinajstić information content (AvgIpc) is 2.63. The first-order valence-corrected chi connectivity index (χ1v) is 4.77. The van der Waals surface area contributed by atoms with Gasteiger partial charge in [0.15, 0.2) is 0 Å². The summed E-state index contributed by atoms with van der Waals surface area (Å²) in [5.74, 6) is 1.16. The highest BCUT2D eigenvalue weighted by molar-refractivity contribution is 4.78. The molecule has 1 heterocycles. The standard InChI is InChI=1S/C9H17N3O3/c1-7-11-12-9(15-7)5-10-4-8(14-3)6-13-2/h8,10H,4-6H2,1-3H3. The van der Waals surface area contributed by atoms with Crippen molar-refractivity contribution in [1.29, 1.82) is 0 Å². The van der Waals surface area contributed by atoms with E-state index in [1.54, 1.807) is 21.1 Å². The molecule has 0 saturated heterocycles. The van der Waals surface area contributed by atoms with E-state index in [9.17, 15) is 0 Å². The van der Waals surface area contributed by atoms with Crippen LogP contribution in [0.15, 0.2) is 4.42 Å². The zero-order chi connectivity index (χ0) is 11.1. The van der Waals surface area contributed by atoms with Crippen LogP contribution in [0.25, 0.3) is 0 Å². The second-order valence-electron chi connectivity index (χ2n) is 3.16. The number of aryl methyl sites for hydroxylation is 1. The highest BCUT2D eigenvalue weighted by Crippen LogP contribution is 1.97. The van der Waals surface area contributed by atoms with Gasteiger partial charge in [0.2, 0.25) is 11.8 Å². The van der Waals surface area contributed by atoms with Gasteiger partial charge in [0.1, 0.15) is 0 Å². The summed E-state index contributed by atoms with van der Waals surface area (Å²) >= 11 is 0. The fourth-order valence-corrected chi connectivity index (χ4v) is 1.15. The highest BCUT2D eigenvalue weighted by Gasteiger charge is 2.07. The number of methoxy groups -OCH3 is 2. The molecule has 0 aromatic carbocycles. The molecule has 0 bridgehead atoms. The predicted octanol–water partition coefficient (Wildman–Crippen LogP) is 0.129. The van der Waals surface area contributed by atoms with E-state index in [0.29, 0.717) is 31.5 Å². The molecule has 1 N–H and O–H groups in total. The Morgan fingerprint density at radius 1 is 1.40 bits per heavy atom. The zero-order valence-corrected chi connectivity index (χ0v) is 9.32. The minimum Gasteiger partial charge on any atom is -0.424 e. The van der Waals surface area contributed by atoms with Crippen molar-refractivity contribution in [2.45, 2.75) is 19.6 Å². The third kappa shape index (κ3) is 4.37. The Kier molecular flexibility index (Phi) is 5.23. The average molecular weight is 215 g/mol. The van der Waals surface area contributed by atoms with Crippen molar-refractivity contribution in [2.24, 2.45) is 0 Å². The minimum absolute atomic E-state index is 0.0408. The van der Waals surface area contributed by atoms with E-state index in [1.165, 1.54) is 0 Å². The second-order valence-corrected chi connectivity index (χ2v) is 3.16. The predicted molar refractivity (Wildman–Crippen MR) is 53.4 cm³/mol. The van der Waals surface area contributed by atoms with Crippen molar-refractivity contribution in [1.82, 2.24) is 15.5 Å². The van der Waals surface area contributed by atoms with Crippen molar-refractivity contribution < 1.29 is 13.9 Å². The summed E-state index contributed by atoms with van der Waals surface area (Å²) in [7, 11) is 3.30. The van der Waals surface area contributed by atoms with Gasteiger partial charge in [-0.1, -0.05) is 0 Å². The largest absolute Gasteiger partial charge is 0.424 e. The third-order valence-corrected chi connectivity index (χ3v) is 1.90. The van der Waals surface area contributed by atoms with Gasteiger partial charge >= 0.3 is 0 Å². The van der Waals surface area contributed by atoms with E-state index in [2.05, 4.69) is 15.5 Å². The molecule has 6 nitrogen and oxygen atoms in total. The van der Waals surface area contributed by atoms with E-state index in [-0.39, 0.29) is 6.10 Å². The molecule has 6 heteroatoms. The summed E-state index contributed by atoms with van der Waals surface area (Å²) in [6, 6.07) is 0. The summed E-state index contributed by atoms with van der Waals surface area (Å²) in [6.07, 6.45) is 0.0408. The fraction of sp³-hybridized carbons (Fsp3) is 0.778. The Morgan fingerprint density at radius 2 is 2.20 bits per heavy atom. The topological polar surface area (TPSA) is 69.4 Å². The monoisotopic (exact) mass is 215 g/mol. The SMILES string of the molecule is COCC(CNCc1nnc(C)o1)OC. The molecule has 0 aliphatic carbocycles. The molecule has 86 valence electrons. The summed E-state index contributed by atoms with van der Waals surface area (Å²) < 4.78 is 15.4. The van der Waals surface area contributed by atoms with Gasteiger partial charge in [0, 0.05) is 27.7 Å². The van der Waals surface area contributed by atoms with Crippen molar-refractivity contribution in [3.8, 4) is 0 Å². The van der Waals surface area contributed by atoms with Crippen LogP contribution < -0.4 is 5.32 Å². The van der Waals surface area contributed by atoms with Crippen LogP contribution in [0.2, 0.25) is 0 Å². The molecule has 1 unspecified atom stereocenters. The van der Waals surface area contributed by atoms with Crippen molar-refractivity contribution in [3.63, 3.8) is 0 Å². The van der Waals surface area contributed by atoms with Crippen molar-refractivity contribution >= 4 is 0 Å². The molecule has 0 spiro atoms. The maximum Gasteiger partial charge on any atom is 0.230 e. The molecule has 1 aromatic rings. The molecule has 0 aliphatic heterocycles. The van der Waals surface area contributed by atoms with Crippen LogP contribution >= 0.6 is 0 Å². The third-order valence-electron chi connectivity index (χ3n) is 1.90. The Bertz CT molecular complexity index is 277. The Balaban J connectivity index is 2.20. The number of rotatable bonds is 7. The molecular weight excluding hydrogens is 198 g/mol. The minimum atomic E-state index is 0.0408. The van der Waals surface area contributed by atoms with Gasteiger partial charge in [-0.2, -0.15) is 0 Å². The van der Waals surface area contributed by atoms with E-state index in [1.807, 2.05) is 0 Å². The van der Waals surface area contributed by atoms with Crippen LogP contribution in [0, 0.1) is 6.92 Å². The first kappa shape index (κ1) is 12.1. The number of aromatic nitrogens is 2. The maximum atomic E-state index is 5.20. The van der Waals surface area contributed by atoms with Gasteiger partial charge in [-0.3, -0.25) is 0 Å². The normalized spacial score (nSPS) is 13.0. The number of nitrogens with one attached hydrogen (secondary N) is 1. The molecule has 15 heavy (non-hydrogen) atoms. The van der Waals surface area contributed by atoms with Gasteiger partial charge in [-0.05, 0) is 0 Å². The molecule has 0 radical (unpaired) electrons. The number of hydrogen-bond acceptors (Lipinski definition) is 6. The Morgan fingerprint density at radius 3 is 2.73 bits per heavy atom. The van der Waals surface area contributed by atoms with Crippen LogP contribution in [-0.2, 0) is 16.0 Å². The Labute approximate surface area is 89.0 Å². The summed E-state index contributed by atoms with van der Waals surface area (Å²) in [5.41, 5.74) is 0. The van der Waals surface area contributed by atoms with Crippen LogP contribution in [0.3, 0.4) is 0 Å². The van der Waals surface area contributed by atoms with E-state index < -0.39 is 0 Å². The van der Waals surface area contributed by atoms with Gasteiger partial charge in [0.25, 0.3) is 0 Å². The van der Waals surface area contributed by atoms with E-state index >= 15 is 0 Å². The summed E-state index contributed by atoms with van der Waals surface area (Å²) in [6.45, 7) is 3.56. The van der Waals surface area contributed by atoms with Crippen LogP contribution in [0.1, 0.15) is 11.8 Å². The van der Waals surface area contributed by atoms with E-state index in [0.717, 1.165) is 0 Å². The lowest BCUT2D eigenvalue weighted by molar-refractivity contribution is 0.0285.